The van der Waals surface area contributed by atoms with E-state index < -0.39 is 17.8 Å². The second-order valence-electron chi connectivity index (χ2n) is 6.36. The second-order valence-corrected chi connectivity index (χ2v) is 6.36. The van der Waals surface area contributed by atoms with Gasteiger partial charge in [0.15, 0.2) is 5.75 Å². The molecule has 0 N–H and O–H groups in total. The van der Waals surface area contributed by atoms with Gasteiger partial charge in [0.1, 0.15) is 5.57 Å². The van der Waals surface area contributed by atoms with Crippen LogP contribution in [0.25, 0.3) is 0 Å². The summed E-state index contributed by atoms with van der Waals surface area (Å²) in [6.07, 6.45) is 0. The number of esters is 1. The van der Waals surface area contributed by atoms with Crippen molar-refractivity contribution in [2.75, 3.05) is 11.5 Å². The molecule has 0 radical (unpaired) electrons. The van der Waals surface area contributed by atoms with Gasteiger partial charge in [-0.15, -0.1) is 0 Å². The maximum Gasteiger partial charge on any atom is 0.340 e. The molecule has 0 bridgehead atoms. The fourth-order valence-corrected chi connectivity index (χ4v) is 3.65. The number of para-hydroxylation sites is 2. The second kappa shape index (κ2) is 6.33. The molecule has 0 aliphatic carbocycles. The highest BCUT2D eigenvalue weighted by atomic mass is 16.5. The number of hydrogen-bond acceptors (Lipinski definition) is 4. The summed E-state index contributed by atoms with van der Waals surface area (Å²) in [4.78, 5) is 27.5. The SMILES string of the molecule is CCOC(=O)C1=C2Oc3ccccc3N2C(=O)[C@@H](C)[C@@H]1c1ccccc1. The Hall–Kier alpha value is -3.08. The number of anilines is 1. The first-order chi connectivity index (χ1) is 12.6. The highest BCUT2D eigenvalue weighted by Crippen LogP contribution is 2.48. The summed E-state index contributed by atoms with van der Waals surface area (Å²) < 4.78 is 11.3. The predicted octanol–water partition coefficient (Wildman–Crippen LogP) is 3.62. The van der Waals surface area contributed by atoms with Crippen molar-refractivity contribution in [3.8, 4) is 5.75 Å². The van der Waals surface area contributed by atoms with E-state index in [9.17, 15) is 9.59 Å². The number of carbonyl (C=O) groups excluding carboxylic acids is 2. The van der Waals surface area contributed by atoms with Crippen LogP contribution < -0.4 is 9.64 Å². The molecule has 2 aliphatic rings. The van der Waals surface area contributed by atoms with E-state index in [1.54, 1.807) is 13.0 Å². The average Bonchev–Trinajstić information content (AvgIpc) is 3.04. The predicted molar refractivity (Wildman–Crippen MR) is 96.6 cm³/mol. The minimum atomic E-state index is -0.450. The number of ether oxygens (including phenoxy) is 2. The maximum atomic E-state index is 13.1. The summed E-state index contributed by atoms with van der Waals surface area (Å²) in [6, 6.07) is 16.8. The van der Waals surface area contributed by atoms with Crippen molar-refractivity contribution in [3.05, 3.63) is 71.6 Å². The van der Waals surface area contributed by atoms with Crippen molar-refractivity contribution in [1.29, 1.82) is 0 Å². The molecule has 0 spiro atoms. The summed E-state index contributed by atoms with van der Waals surface area (Å²) in [7, 11) is 0. The number of amides is 1. The molecule has 5 heteroatoms. The van der Waals surface area contributed by atoms with Gasteiger partial charge in [-0.05, 0) is 24.6 Å². The number of nitrogens with zero attached hydrogens (tertiary/aromatic N) is 1. The first-order valence-corrected chi connectivity index (χ1v) is 8.70. The number of rotatable bonds is 3. The molecule has 26 heavy (non-hydrogen) atoms. The Morgan fingerprint density at radius 1 is 1.12 bits per heavy atom. The van der Waals surface area contributed by atoms with Crippen LogP contribution in [0.5, 0.6) is 5.75 Å². The fourth-order valence-electron chi connectivity index (χ4n) is 3.65. The molecular weight excluding hydrogens is 330 g/mol. The molecule has 2 atom stereocenters. The minimum absolute atomic E-state index is 0.0909. The van der Waals surface area contributed by atoms with Crippen LogP contribution in [0.4, 0.5) is 5.69 Å². The van der Waals surface area contributed by atoms with Gasteiger partial charge in [0.05, 0.1) is 12.3 Å². The lowest BCUT2D eigenvalue weighted by Gasteiger charge is -2.34. The fraction of sp³-hybridized carbons (Fsp3) is 0.238. The normalized spacial score (nSPS) is 21.2. The maximum absolute atomic E-state index is 13.1. The summed E-state index contributed by atoms with van der Waals surface area (Å²) in [5, 5.41) is 0. The van der Waals surface area contributed by atoms with Crippen LogP contribution in [0.15, 0.2) is 66.1 Å². The molecule has 4 rings (SSSR count). The van der Waals surface area contributed by atoms with E-state index in [0.29, 0.717) is 17.0 Å². The van der Waals surface area contributed by atoms with Crippen molar-refractivity contribution in [1.82, 2.24) is 0 Å². The standard InChI is InChI=1S/C21H19NO4/c1-3-25-21(24)18-17(14-9-5-4-6-10-14)13(2)19(23)22-15-11-7-8-12-16(15)26-20(18)22/h4-13,17H,3H2,1-2H3/t13-,17+/m0/s1. The lowest BCUT2D eigenvalue weighted by Crippen LogP contribution is -2.44. The molecule has 0 fully saturated rings. The minimum Gasteiger partial charge on any atom is -0.462 e. The summed E-state index contributed by atoms with van der Waals surface area (Å²) in [5.74, 6) is -0.542. The van der Waals surface area contributed by atoms with E-state index in [-0.39, 0.29) is 18.4 Å². The van der Waals surface area contributed by atoms with Crippen molar-refractivity contribution < 1.29 is 19.1 Å². The van der Waals surface area contributed by atoms with Crippen LogP contribution in [0.3, 0.4) is 0 Å². The largest absolute Gasteiger partial charge is 0.462 e. The summed E-state index contributed by atoms with van der Waals surface area (Å²) in [5.41, 5.74) is 1.94. The van der Waals surface area contributed by atoms with Gasteiger partial charge in [0.25, 0.3) is 0 Å². The molecule has 0 saturated heterocycles. The molecule has 132 valence electrons. The molecule has 1 amide bonds. The average molecular weight is 349 g/mol. The van der Waals surface area contributed by atoms with Crippen LogP contribution in [0, 0.1) is 5.92 Å². The molecule has 5 nitrogen and oxygen atoms in total. The Bertz CT molecular complexity index is 903. The molecule has 2 aromatic carbocycles. The monoisotopic (exact) mass is 349 g/mol. The van der Waals surface area contributed by atoms with Crippen molar-refractivity contribution >= 4 is 17.6 Å². The van der Waals surface area contributed by atoms with E-state index in [4.69, 9.17) is 9.47 Å². The van der Waals surface area contributed by atoms with Crippen LogP contribution in [-0.2, 0) is 14.3 Å². The topological polar surface area (TPSA) is 55.8 Å². The van der Waals surface area contributed by atoms with E-state index >= 15 is 0 Å². The summed E-state index contributed by atoms with van der Waals surface area (Å²) in [6.45, 7) is 3.86. The van der Waals surface area contributed by atoms with Gasteiger partial charge < -0.3 is 9.47 Å². The van der Waals surface area contributed by atoms with Gasteiger partial charge in [-0.25, -0.2) is 9.69 Å². The highest BCUT2D eigenvalue weighted by molar-refractivity contribution is 6.07. The van der Waals surface area contributed by atoms with Crippen molar-refractivity contribution in [3.63, 3.8) is 0 Å². The zero-order chi connectivity index (χ0) is 18.3. The third-order valence-electron chi connectivity index (χ3n) is 4.82. The van der Waals surface area contributed by atoms with Gasteiger partial charge in [-0.2, -0.15) is 0 Å². The number of benzene rings is 2. The third kappa shape index (κ3) is 2.39. The molecule has 0 unspecified atom stereocenters. The van der Waals surface area contributed by atoms with Crippen LogP contribution in [0.1, 0.15) is 25.3 Å². The van der Waals surface area contributed by atoms with Gasteiger partial charge in [-0.1, -0.05) is 49.4 Å². The summed E-state index contributed by atoms with van der Waals surface area (Å²) >= 11 is 0. The molecule has 2 aliphatic heterocycles. The zero-order valence-electron chi connectivity index (χ0n) is 14.6. The first kappa shape index (κ1) is 16.4. The number of fused-ring (bicyclic) bond motifs is 3. The Morgan fingerprint density at radius 2 is 1.81 bits per heavy atom. The van der Waals surface area contributed by atoms with E-state index in [0.717, 1.165) is 5.56 Å². The molecule has 0 saturated carbocycles. The molecule has 2 heterocycles. The van der Waals surface area contributed by atoms with Crippen molar-refractivity contribution in [2.24, 2.45) is 5.92 Å². The lowest BCUT2D eigenvalue weighted by molar-refractivity contribution is -0.139. The quantitative estimate of drug-likeness (QED) is 0.794. The first-order valence-electron chi connectivity index (χ1n) is 8.70. The highest BCUT2D eigenvalue weighted by Gasteiger charge is 2.48. The van der Waals surface area contributed by atoms with Crippen LogP contribution in [-0.4, -0.2) is 18.5 Å². The van der Waals surface area contributed by atoms with Gasteiger partial charge in [-0.3, -0.25) is 4.79 Å². The molecule has 0 aromatic heterocycles. The Labute approximate surface area is 151 Å². The Balaban J connectivity index is 1.93. The van der Waals surface area contributed by atoms with Gasteiger partial charge in [0, 0.05) is 11.8 Å². The van der Waals surface area contributed by atoms with E-state index in [2.05, 4.69) is 0 Å². The number of hydrogen-bond donors (Lipinski definition) is 0. The lowest BCUT2D eigenvalue weighted by atomic mass is 9.78. The smallest absolute Gasteiger partial charge is 0.340 e. The third-order valence-corrected chi connectivity index (χ3v) is 4.82. The number of carbonyl (C=O) groups is 2. The van der Waals surface area contributed by atoms with Gasteiger partial charge in [0.2, 0.25) is 11.8 Å². The van der Waals surface area contributed by atoms with E-state index in [1.165, 1.54) is 4.90 Å². The Morgan fingerprint density at radius 3 is 2.54 bits per heavy atom. The Kier molecular flexibility index (Phi) is 3.99. The van der Waals surface area contributed by atoms with Crippen LogP contribution >= 0.6 is 0 Å². The zero-order valence-corrected chi connectivity index (χ0v) is 14.6. The molecule has 2 aromatic rings. The van der Waals surface area contributed by atoms with Crippen LogP contribution in [0.2, 0.25) is 0 Å². The molecular formula is C21H19NO4. The van der Waals surface area contributed by atoms with E-state index in [1.807, 2.05) is 55.5 Å². The van der Waals surface area contributed by atoms with Crippen molar-refractivity contribution in [2.45, 2.75) is 19.8 Å². The van der Waals surface area contributed by atoms with Gasteiger partial charge >= 0.3 is 5.97 Å².